The first-order valence-electron chi connectivity index (χ1n) is 7.34. The van der Waals surface area contributed by atoms with Crippen molar-refractivity contribution in [2.75, 3.05) is 0 Å². The van der Waals surface area contributed by atoms with Crippen molar-refractivity contribution in [3.05, 3.63) is 59.2 Å². The molecule has 2 bridgehead atoms. The van der Waals surface area contributed by atoms with Crippen LogP contribution in [0.25, 0.3) is 0 Å². The Bertz CT molecular complexity index is 568. The van der Waals surface area contributed by atoms with Gasteiger partial charge >= 0.3 is 0 Å². The van der Waals surface area contributed by atoms with E-state index in [1.54, 1.807) is 12.4 Å². The molecule has 3 aliphatic carbocycles. The van der Waals surface area contributed by atoms with E-state index in [0.29, 0.717) is 0 Å². The zero-order valence-electron chi connectivity index (χ0n) is 11.6. The van der Waals surface area contributed by atoms with E-state index in [1.165, 1.54) is 11.1 Å². The number of nitrogens with zero attached hydrogens (tertiary/aromatic N) is 2. The van der Waals surface area contributed by atoms with Crippen molar-refractivity contribution in [2.24, 2.45) is 0 Å². The van der Waals surface area contributed by atoms with Gasteiger partial charge in [0.2, 0.25) is 0 Å². The van der Waals surface area contributed by atoms with Gasteiger partial charge in [-0.2, -0.15) is 0 Å². The summed E-state index contributed by atoms with van der Waals surface area (Å²) < 4.78 is 0. The second kappa shape index (κ2) is 4.13. The highest BCUT2D eigenvalue weighted by Gasteiger charge is 2.45. The van der Waals surface area contributed by atoms with Crippen molar-refractivity contribution in [3.8, 4) is 0 Å². The molecule has 20 heavy (non-hydrogen) atoms. The second-order valence-electron chi connectivity index (χ2n) is 6.05. The number of benzene rings is 1. The molecule has 1 N–H and O–H groups in total. The molecule has 0 fully saturated rings. The van der Waals surface area contributed by atoms with Crippen LogP contribution in [0.15, 0.2) is 36.7 Å². The van der Waals surface area contributed by atoms with Crippen LogP contribution in [0.5, 0.6) is 0 Å². The Balaban J connectivity index is 1.98. The van der Waals surface area contributed by atoms with Crippen molar-refractivity contribution < 1.29 is 5.11 Å². The van der Waals surface area contributed by atoms with Gasteiger partial charge in [0, 0.05) is 24.2 Å². The molecule has 1 heterocycles. The molecule has 3 heteroatoms. The molecule has 0 saturated carbocycles. The third-order valence-corrected chi connectivity index (χ3v) is 4.99. The van der Waals surface area contributed by atoms with E-state index in [1.807, 2.05) is 0 Å². The van der Waals surface area contributed by atoms with Gasteiger partial charge in [-0.3, -0.25) is 9.97 Å². The minimum absolute atomic E-state index is 0.179. The van der Waals surface area contributed by atoms with Crippen molar-refractivity contribution >= 4 is 0 Å². The molecular formula is C17H18N2O. The van der Waals surface area contributed by atoms with Crippen molar-refractivity contribution in [1.82, 2.24) is 9.97 Å². The lowest BCUT2D eigenvalue weighted by Gasteiger charge is -2.27. The first kappa shape index (κ1) is 12.0. The van der Waals surface area contributed by atoms with Crippen LogP contribution in [0.4, 0.5) is 0 Å². The molecule has 102 valence electrons. The zero-order chi connectivity index (χ0) is 13.7. The first-order chi connectivity index (χ1) is 9.72. The monoisotopic (exact) mass is 266 g/mol. The average Bonchev–Trinajstić information content (AvgIpc) is 2.72. The smallest absolute Gasteiger partial charge is 0.0701 e. The normalized spacial score (nSPS) is 30.5. The molecule has 1 aromatic carbocycles. The maximum absolute atomic E-state index is 10.9. The Morgan fingerprint density at radius 2 is 1.55 bits per heavy atom. The molecule has 5 rings (SSSR count). The van der Waals surface area contributed by atoms with E-state index in [-0.39, 0.29) is 11.8 Å². The Labute approximate surface area is 118 Å². The van der Waals surface area contributed by atoms with E-state index in [2.05, 4.69) is 41.2 Å². The fourth-order valence-electron chi connectivity index (χ4n) is 3.88. The van der Waals surface area contributed by atoms with E-state index < -0.39 is 5.60 Å². The van der Waals surface area contributed by atoms with Gasteiger partial charge in [-0.05, 0) is 30.4 Å². The summed E-state index contributed by atoms with van der Waals surface area (Å²) in [5.41, 5.74) is 4.18. The van der Waals surface area contributed by atoms with Crippen LogP contribution < -0.4 is 0 Å². The van der Waals surface area contributed by atoms with Gasteiger partial charge in [0.1, 0.15) is 0 Å². The molecule has 1 aromatic heterocycles. The summed E-state index contributed by atoms with van der Waals surface area (Å²) in [7, 11) is 0. The molecule has 2 aromatic rings. The fourth-order valence-corrected chi connectivity index (χ4v) is 3.88. The predicted molar refractivity (Wildman–Crippen MR) is 76.6 cm³/mol. The average molecular weight is 266 g/mol. The lowest BCUT2D eigenvalue weighted by molar-refractivity contribution is 0.0171. The maximum atomic E-state index is 10.9. The van der Waals surface area contributed by atoms with Gasteiger partial charge < -0.3 is 5.11 Å². The largest absolute Gasteiger partial charge is 0.390 e. The summed E-state index contributed by atoms with van der Waals surface area (Å²) in [6.45, 7) is 2.07. The van der Waals surface area contributed by atoms with E-state index in [9.17, 15) is 5.11 Å². The van der Waals surface area contributed by atoms with Gasteiger partial charge in [-0.15, -0.1) is 0 Å². The first-order valence-corrected chi connectivity index (χ1v) is 7.34. The lowest BCUT2D eigenvalue weighted by Crippen LogP contribution is -2.28. The fraction of sp³-hybridized carbons (Fsp3) is 0.412. The molecule has 3 aliphatic rings. The Morgan fingerprint density at radius 1 is 1.05 bits per heavy atom. The standard InChI is InChI=1S/C17H18N2O/c1-2-17(20)9-13-11-5-3-4-6-12(11)14(10-17)16-15(13)18-7-8-19-16/h3-8,13-14,20H,2,9-10H2,1H3. The minimum Gasteiger partial charge on any atom is -0.390 e. The Hall–Kier alpha value is -1.74. The molecule has 0 aliphatic heterocycles. The summed E-state index contributed by atoms with van der Waals surface area (Å²) in [4.78, 5) is 9.17. The quantitative estimate of drug-likeness (QED) is 0.863. The number of aromatic nitrogens is 2. The summed E-state index contributed by atoms with van der Waals surface area (Å²) in [5, 5.41) is 10.9. The minimum atomic E-state index is -0.614. The van der Waals surface area contributed by atoms with Gasteiger partial charge in [0.15, 0.2) is 0 Å². The zero-order valence-corrected chi connectivity index (χ0v) is 11.6. The number of hydrogen-bond donors (Lipinski definition) is 1. The van der Waals surface area contributed by atoms with Gasteiger partial charge in [-0.25, -0.2) is 0 Å². The lowest BCUT2D eigenvalue weighted by atomic mass is 9.78. The number of fused-ring (bicyclic) bond motifs is 2. The Kier molecular flexibility index (Phi) is 2.48. The molecule has 3 nitrogen and oxygen atoms in total. The molecule has 2 unspecified atom stereocenters. The van der Waals surface area contributed by atoms with Crippen LogP contribution in [0.2, 0.25) is 0 Å². The summed E-state index contributed by atoms with van der Waals surface area (Å²) in [6.07, 6.45) is 5.83. The summed E-state index contributed by atoms with van der Waals surface area (Å²) in [6, 6.07) is 8.54. The molecule has 0 amide bonds. The van der Waals surface area contributed by atoms with Gasteiger partial charge in [-0.1, -0.05) is 31.2 Å². The molecule has 0 spiro atoms. The van der Waals surface area contributed by atoms with Crippen molar-refractivity contribution in [2.45, 2.75) is 43.6 Å². The van der Waals surface area contributed by atoms with Crippen LogP contribution in [-0.4, -0.2) is 20.7 Å². The van der Waals surface area contributed by atoms with Crippen LogP contribution >= 0.6 is 0 Å². The summed E-state index contributed by atoms with van der Waals surface area (Å²) in [5.74, 6) is 0.359. The van der Waals surface area contributed by atoms with Crippen LogP contribution in [0.3, 0.4) is 0 Å². The molecule has 0 radical (unpaired) electrons. The van der Waals surface area contributed by atoms with Gasteiger partial charge in [0.25, 0.3) is 0 Å². The third-order valence-electron chi connectivity index (χ3n) is 4.99. The SMILES string of the molecule is CCC1(O)CC2c3ccccc3C(C1)c1nccnc12. The maximum Gasteiger partial charge on any atom is 0.0701 e. The predicted octanol–water partition coefficient (Wildman–Crippen LogP) is 2.99. The number of rotatable bonds is 1. The van der Waals surface area contributed by atoms with Crippen LogP contribution in [0.1, 0.15) is 60.5 Å². The molecule has 0 saturated heterocycles. The van der Waals surface area contributed by atoms with Crippen LogP contribution in [-0.2, 0) is 0 Å². The third kappa shape index (κ3) is 1.56. The van der Waals surface area contributed by atoms with Gasteiger partial charge in [0.05, 0.1) is 17.0 Å². The van der Waals surface area contributed by atoms with Crippen molar-refractivity contribution in [3.63, 3.8) is 0 Å². The second-order valence-corrected chi connectivity index (χ2v) is 6.05. The van der Waals surface area contributed by atoms with E-state index in [0.717, 1.165) is 30.7 Å². The van der Waals surface area contributed by atoms with E-state index in [4.69, 9.17) is 0 Å². The van der Waals surface area contributed by atoms with E-state index >= 15 is 0 Å². The van der Waals surface area contributed by atoms with Crippen LogP contribution in [0, 0.1) is 0 Å². The number of hydrogen-bond acceptors (Lipinski definition) is 3. The topological polar surface area (TPSA) is 46.0 Å². The summed E-state index contributed by atoms with van der Waals surface area (Å²) >= 11 is 0. The molecular weight excluding hydrogens is 248 g/mol. The van der Waals surface area contributed by atoms with Crippen molar-refractivity contribution in [1.29, 1.82) is 0 Å². The Morgan fingerprint density at radius 3 is 2.00 bits per heavy atom. The highest BCUT2D eigenvalue weighted by molar-refractivity contribution is 5.50. The highest BCUT2D eigenvalue weighted by atomic mass is 16.3. The molecule has 2 atom stereocenters. The highest BCUT2D eigenvalue weighted by Crippen LogP contribution is 2.52. The number of aliphatic hydroxyl groups is 1.